The van der Waals surface area contributed by atoms with Gasteiger partial charge in [0.15, 0.2) is 0 Å². The summed E-state index contributed by atoms with van der Waals surface area (Å²) in [6.45, 7) is 1.07. The first kappa shape index (κ1) is 16.5. The van der Waals surface area contributed by atoms with Crippen LogP contribution in [0.25, 0.3) is 12.2 Å². The van der Waals surface area contributed by atoms with Crippen molar-refractivity contribution < 1.29 is 0 Å². The van der Waals surface area contributed by atoms with Crippen LogP contribution in [0.5, 0.6) is 0 Å². The van der Waals surface area contributed by atoms with Crippen LogP contribution in [0.3, 0.4) is 0 Å². The summed E-state index contributed by atoms with van der Waals surface area (Å²) in [5, 5.41) is 3.28. The van der Waals surface area contributed by atoms with E-state index in [0.29, 0.717) is 5.92 Å². The lowest BCUT2D eigenvalue weighted by molar-refractivity contribution is 0.628. The largest absolute Gasteiger partial charge is 0.320 e. The van der Waals surface area contributed by atoms with Crippen LogP contribution in [-0.4, -0.2) is 13.6 Å². The van der Waals surface area contributed by atoms with E-state index in [1.54, 1.807) is 0 Å². The third kappa shape index (κ3) is 3.57. The zero-order valence-corrected chi connectivity index (χ0v) is 16.9. The Morgan fingerprint density at radius 1 is 0.909 bits per heavy atom. The van der Waals surface area contributed by atoms with Gasteiger partial charge in [0.25, 0.3) is 0 Å². The van der Waals surface area contributed by atoms with Crippen LogP contribution in [0, 0.1) is 7.14 Å². The summed E-state index contributed by atoms with van der Waals surface area (Å²) in [6.07, 6.45) is 6.92. The van der Waals surface area contributed by atoms with Crippen molar-refractivity contribution in [1.82, 2.24) is 5.32 Å². The molecule has 0 saturated carbocycles. The Morgan fingerprint density at radius 3 is 1.95 bits per heavy atom. The number of benzene rings is 2. The van der Waals surface area contributed by atoms with Crippen molar-refractivity contribution in [2.24, 2.45) is 0 Å². The van der Waals surface area contributed by atoms with E-state index in [-0.39, 0.29) is 0 Å². The lowest BCUT2D eigenvalue weighted by Gasteiger charge is -2.21. The van der Waals surface area contributed by atoms with Crippen LogP contribution in [0.1, 0.15) is 41.0 Å². The topological polar surface area (TPSA) is 12.0 Å². The standard InChI is InChI=1S/C19H19I2N/c1-22-10-2-3-17-18-11-15(20)8-6-13(18)4-5-14-7-9-16(21)12-19(14)17/h4-9,11-12,17,22H,2-3,10H2,1H3. The number of nitrogens with one attached hydrogen (secondary N) is 1. The maximum atomic E-state index is 3.28. The summed E-state index contributed by atoms with van der Waals surface area (Å²) in [6, 6.07) is 13.6. The van der Waals surface area contributed by atoms with Gasteiger partial charge in [-0.25, -0.2) is 0 Å². The van der Waals surface area contributed by atoms with E-state index >= 15 is 0 Å². The van der Waals surface area contributed by atoms with Crippen molar-refractivity contribution in [2.45, 2.75) is 18.8 Å². The van der Waals surface area contributed by atoms with E-state index in [4.69, 9.17) is 0 Å². The lowest BCUT2D eigenvalue weighted by Crippen LogP contribution is -2.11. The molecule has 1 nitrogen and oxygen atoms in total. The molecule has 0 aromatic heterocycles. The zero-order valence-electron chi connectivity index (χ0n) is 12.6. The van der Waals surface area contributed by atoms with E-state index in [2.05, 4.69) is 99.0 Å². The highest BCUT2D eigenvalue weighted by Gasteiger charge is 2.21. The van der Waals surface area contributed by atoms with Gasteiger partial charge in [-0.1, -0.05) is 24.3 Å². The van der Waals surface area contributed by atoms with Crippen LogP contribution < -0.4 is 5.32 Å². The summed E-state index contributed by atoms with van der Waals surface area (Å²) < 4.78 is 2.63. The molecule has 0 aliphatic heterocycles. The Morgan fingerprint density at radius 2 is 1.45 bits per heavy atom. The van der Waals surface area contributed by atoms with E-state index in [9.17, 15) is 0 Å². The maximum Gasteiger partial charge on any atom is 0.0133 e. The lowest BCUT2D eigenvalue weighted by atomic mass is 9.84. The molecule has 0 unspecified atom stereocenters. The summed E-state index contributed by atoms with van der Waals surface area (Å²) in [5.41, 5.74) is 5.67. The summed E-state index contributed by atoms with van der Waals surface area (Å²) in [4.78, 5) is 0. The second kappa shape index (κ2) is 7.45. The molecule has 0 spiro atoms. The molecule has 2 aromatic rings. The molecular formula is C19H19I2N. The molecule has 2 aromatic carbocycles. The Hall–Kier alpha value is -0.400. The Kier molecular flexibility index (Phi) is 5.57. The molecule has 22 heavy (non-hydrogen) atoms. The number of rotatable bonds is 4. The predicted molar refractivity (Wildman–Crippen MR) is 112 cm³/mol. The molecule has 0 radical (unpaired) electrons. The smallest absolute Gasteiger partial charge is 0.0133 e. The van der Waals surface area contributed by atoms with Crippen molar-refractivity contribution in [3.05, 3.63) is 65.8 Å². The average Bonchev–Trinajstić information content (AvgIpc) is 2.65. The third-order valence-corrected chi connectivity index (χ3v) is 5.55. The molecule has 3 rings (SSSR count). The van der Waals surface area contributed by atoms with Gasteiger partial charge in [-0.15, -0.1) is 0 Å². The number of fused-ring (bicyclic) bond motifs is 2. The van der Waals surface area contributed by atoms with Crippen LogP contribution in [0.4, 0.5) is 0 Å². The third-order valence-electron chi connectivity index (χ3n) is 4.21. The maximum absolute atomic E-state index is 3.28. The number of hydrogen-bond donors (Lipinski definition) is 1. The quantitative estimate of drug-likeness (QED) is 0.419. The van der Waals surface area contributed by atoms with E-state index < -0.39 is 0 Å². The first-order valence-corrected chi connectivity index (χ1v) is 9.76. The SMILES string of the molecule is CNCCCC1c2cc(I)ccc2C=Cc2ccc(I)cc21. The van der Waals surface area contributed by atoms with Gasteiger partial charge in [0.2, 0.25) is 0 Å². The summed E-state index contributed by atoms with van der Waals surface area (Å²) in [5.74, 6) is 0.484. The molecule has 0 amide bonds. The molecule has 0 heterocycles. The molecule has 1 aliphatic carbocycles. The molecular weight excluding hydrogens is 496 g/mol. The van der Waals surface area contributed by atoms with Crippen molar-refractivity contribution in [1.29, 1.82) is 0 Å². The van der Waals surface area contributed by atoms with Crippen molar-refractivity contribution >= 4 is 57.3 Å². The first-order valence-electron chi connectivity index (χ1n) is 7.60. The Labute approximate surface area is 159 Å². The number of hydrogen-bond acceptors (Lipinski definition) is 1. The van der Waals surface area contributed by atoms with Gasteiger partial charge in [0.05, 0.1) is 0 Å². The summed E-state index contributed by atoms with van der Waals surface area (Å²) in [7, 11) is 2.03. The molecule has 0 saturated heterocycles. The Balaban J connectivity index is 2.10. The Bertz CT molecular complexity index is 651. The van der Waals surface area contributed by atoms with Crippen molar-refractivity contribution in [3.8, 4) is 0 Å². The van der Waals surface area contributed by atoms with E-state index in [1.165, 1.54) is 42.2 Å². The first-order chi connectivity index (χ1) is 10.7. The summed E-state index contributed by atoms with van der Waals surface area (Å²) >= 11 is 4.84. The number of halogens is 2. The van der Waals surface area contributed by atoms with Gasteiger partial charge in [0.1, 0.15) is 0 Å². The van der Waals surface area contributed by atoms with Gasteiger partial charge in [-0.2, -0.15) is 0 Å². The van der Waals surface area contributed by atoms with Crippen molar-refractivity contribution in [3.63, 3.8) is 0 Å². The predicted octanol–water partition coefficient (Wildman–Crippen LogP) is 5.51. The average molecular weight is 515 g/mol. The molecule has 1 N–H and O–H groups in total. The van der Waals surface area contributed by atoms with Crippen LogP contribution in [0.15, 0.2) is 36.4 Å². The van der Waals surface area contributed by atoms with Gasteiger partial charge < -0.3 is 5.32 Å². The van der Waals surface area contributed by atoms with E-state index in [1.807, 2.05) is 7.05 Å². The highest BCUT2D eigenvalue weighted by atomic mass is 127. The van der Waals surface area contributed by atoms with Gasteiger partial charge >= 0.3 is 0 Å². The van der Waals surface area contributed by atoms with Crippen LogP contribution in [0.2, 0.25) is 0 Å². The van der Waals surface area contributed by atoms with Crippen LogP contribution >= 0.6 is 45.2 Å². The van der Waals surface area contributed by atoms with Crippen molar-refractivity contribution in [2.75, 3.05) is 13.6 Å². The fraction of sp³-hybridized carbons (Fsp3) is 0.263. The molecule has 114 valence electrons. The fourth-order valence-corrected chi connectivity index (χ4v) is 4.17. The zero-order chi connectivity index (χ0) is 15.5. The van der Waals surface area contributed by atoms with E-state index in [0.717, 1.165) is 6.54 Å². The van der Waals surface area contributed by atoms with Gasteiger partial charge in [0, 0.05) is 13.1 Å². The highest BCUT2D eigenvalue weighted by molar-refractivity contribution is 14.1. The fourth-order valence-electron chi connectivity index (χ4n) is 3.14. The van der Waals surface area contributed by atoms with Gasteiger partial charge in [-0.05, 0) is 118 Å². The second-order valence-corrected chi connectivity index (χ2v) is 8.17. The molecule has 0 fully saturated rings. The second-order valence-electron chi connectivity index (χ2n) is 5.68. The van der Waals surface area contributed by atoms with Crippen LogP contribution in [-0.2, 0) is 0 Å². The minimum Gasteiger partial charge on any atom is -0.320 e. The molecule has 3 heteroatoms. The minimum absolute atomic E-state index is 0.484. The molecule has 0 bridgehead atoms. The monoisotopic (exact) mass is 515 g/mol. The van der Waals surface area contributed by atoms with Gasteiger partial charge in [-0.3, -0.25) is 0 Å². The molecule has 0 atom stereocenters. The molecule has 1 aliphatic rings. The normalized spacial score (nSPS) is 13.6. The highest BCUT2D eigenvalue weighted by Crippen LogP contribution is 2.38. The minimum atomic E-state index is 0.484.